The highest BCUT2D eigenvalue weighted by molar-refractivity contribution is 5.93. The Balaban J connectivity index is 1.82. The van der Waals surface area contributed by atoms with E-state index in [0.717, 1.165) is 0 Å². The van der Waals surface area contributed by atoms with Crippen molar-refractivity contribution in [1.29, 1.82) is 0 Å². The molecule has 1 amide bonds. The largest absolute Gasteiger partial charge is 0.462 e. The number of ether oxygens (including phenoxy) is 1. The summed E-state index contributed by atoms with van der Waals surface area (Å²) in [6.07, 6.45) is 0. The number of rotatable bonds is 5. The lowest BCUT2D eigenvalue weighted by molar-refractivity contribution is -0.116. The lowest BCUT2D eigenvalue weighted by Gasteiger charge is -2.15. The van der Waals surface area contributed by atoms with Crippen LogP contribution in [0.2, 0.25) is 0 Å². The summed E-state index contributed by atoms with van der Waals surface area (Å²) in [6, 6.07) is 11.9. The van der Waals surface area contributed by atoms with Gasteiger partial charge in [-0.05, 0) is 50.2 Å². The molecule has 0 fully saturated rings. The Morgan fingerprint density at radius 2 is 1.86 bits per heavy atom. The smallest absolute Gasteiger partial charge is 0.338 e. The van der Waals surface area contributed by atoms with Gasteiger partial charge < -0.3 is 14.6 Å². The van der Waals surface area contributed by atoms with Crippen LogP contribution in [0.5, 0.6) is 0 Å². The molecule has 1 N–H and O–H groups in total. The zero-order chi connectivity index (χ0) is 20.3. The molecule has 0 aliphatic carbocycles. The molecule has 0 aliphatic rings. The number of hydrogen-bond donors (Lipinski definition) is 1. The molecular formula is C21H19FN2O4. The Morgan fingerprint density at radius 3 is 2.54 bits per heavy atom. The lowest BCUT2D eigenvalue weighted by atomic mass is 10.1. The number of carbonyl (C=O) groups is 2. The molecule has 0 atom stereocenters. The Kier molecular flexibility index (Phi) is 5.54. The van der Waals surface area contributed by atoms with E-state index in [4.69, 9.17) is 4.74 Å². The molecule has 0 unspecified atom stereocenters. The van der Waals surface area contributed by atoms with Crippen molar-refractivity contribution in [2.75, 3.05) is 11.9 Å². The van der Waals surface area contributed by atoms with E-state index in [1.807, 2.05) is 0 Å². The van der Waals surface area contributed by atoms with Crippen LogP contribution >= 0.6 is 0 Å². The highest BCUT2D eigenvalue weighted by Gasteiger charge is 2.14. The van der Waals surface area contributed by atoms with Gasteiger partial charge in [-0.1, -0.05) is 6.07 Å². The quantitative estimate of drug-likeness (QED) is 0.687. The summed E-state index contributed by atoms with van der Waals surface area (Å²) in [4.78, 5) is 36.2. The van der Waals surface area contributed by atoms with Crippen LogP contribution in [0.15, 0.2) is 53.3 Å². The highest BCUT2D eigenvalue weighted by Crippen LogP contribution is 2.17. The van der Waals surface area contributed by atoms with Gasteiger partial charge in [-0.3, -0.25) is 9.59 Å². The minimum atomic E-state index is -0.565. The van der Waals surface area contributed by atoms with E-state index < -0.39 is 11.8 Å². The molecule has 7 heteroatoms. The van der Waals surface area contributed by atoms with Gasteiger partial charge in [0.1, 0.15) is 12.4 Å². The number of pyridine rings is 1. The number of aromatic nitrogens is 1. The summed E-state index contributed by atoms with van der Waals surface area (Å²) in [5.74, 6) is -1.39. The average Bonchev–Trinajstić information content (AvgIpc) is 2.66. The van der Waals surface area contributed by atoms with E-state index in [9.17, 15) is 18.8 Å². The van der Waals surface area contributed by atoms with Crippen LogP contribution in [0, 0.1) is 12.7 Å². The van der Waals surface area contributed by atoms with Crippen LogP contribution in [0.1, 0.15) is 23.0 Å². The maximum atomic E-state index is 14.3. The fourth-order valence-corrected chi connectivity index (χ4v) is 2.96. The lowest BCUT2D eigenvalue weighted by Crippen LogP contribution is -2.23. The summed E-state index contributed by atoms with van der Waals surface area (Å²) >= 11 is 0. The number of nitrogens with one attached hydrogen (secondary N) is 1. The molecule has 0 radical (unpaired) electrons. The second-order valence-electron chi connectivity index (χ2n) is 6.22. The molecule has 0 spiro atoms. The zero-order valence-electron chi connectivity index (χ0n) is 15.5. The Bertz CT molecular complexity index is 1100. The maximum absolute atomic E-state index is 14.3. The molecule has 144 valence electrons. The van der Waals surface area contributed by atoms with Gasteiger partial charge in [0.05, 0.1) is 17.7 Å². The Morgan fingerprint density at radius 1 is 1.14 bits per heavy atom. The van der Waals surface area contributed by atoms with Crippen molar-refractivity contribution >= 4 is 28.5 Å². The molecule has 28 heavy (non-hydrogen) atoms. The second kappa shape index (κ2) is 8.04. The first kappa shape index (κ1) is 19.3. The van der Waals surface area contributed by atoms with Crippen molar-refractivity contribution < 1.29 is 18.7 Å². The van der Waals surface area contributed by atoms with E-state index >= 15 is 0 Å². The van der Waals surface area contributed by atoms with E-state index in [0.29, 0.717) is 16.9 Å². The van der Waals surface area contributed by atoms with Crippen molar-refractivity contribution in [2.45, 2.75) is 20.4 Å². The van der Waals surface area contributed by atoms with Crippen LogP contribution < -0.4 is 10.7 Å². The minimum absolute atomic E-state index is 0.0975. The topological polar surface area (TPSA) is 77.4 Å². The van der Waals surface area contributed by atoms with E-state index in [1.54, 1.807) is 38.1 Å². The molecule has 2 aromatic carbocycles. The van der Waals surface area contributed by atoms with Gasteiger partial charge in [-0.25, -0.2) is 9.18 Å². The van der Waals surface area contributed by atoms with Gasteiger partial charge in [0.25, 0.3) is 0 Å². The van der Waals surface area contributed by atoms with Gasteiger partial charge in [-0.2, -0.15) is 0 Å². The molecule has 6 nitrogen and oxygen atoms in total. The molecule has 1 aromatic heterocycles. The predicted molar refractivity (Wildman–Crippen MR) is 104 cm³/mol. The summed E-state index contributed by atoms with van der Waals surface area (Å²) in [7, 11) is 0. The molecule has 1 heterocycles. The number of anilines is 1. The standard InChI is InChI=1S/C21H19FN2O4/c1-3-28-21(27)14-7-9-15(10-8-14)23-19(26)12-24-13(2)11-18(25)16-5-4-6-17(22)20(16)24/h4-11H,3,12H2,1-2H3,(H,23,26). The Hall–Kier alpha value is -3.48. The summed E-state index contributed by atoms with van der Waals surface area (Å²) in [5.41, 5.74) is 1.15. The highest BCUT2D eigenvalue weighted by atomic mass is 19.1. The van der Waals surface area contributed by atoms with Gasteiger partial charge >= 0.3 is 5.97 Å². The Labute approximate surface area is 160 Å². The third-order valence-electron chi connectivity index (χ3n) is 4.27. The maximum Gasteiger partial charge on any atom is 0.338 e. The van der Waals surface area contributed by atoms with Crippen LogP contribution in [-0.2, 0) is 16.1 Å². The normalized spacial score (nSPS) is 10.7. The SMILES string of the molecule is CCOC(=O)c1ccc(NC(=O)Cn2c(C)cc(=O)c3cccc(F)c32)cc1. The van der Waals surface area contributed by atoms with Crippen LogP contribution in [0.25, 0.3) is 10.9 Å². The van der Waals surface area contributed by atoms with E-state index in [-0.39, 0.29) is 35.4 Å². The van der Waals surface area contributed by atoms with Gasteiger partial charge in [-0.15, -0.1) is 0 Å². The molecular weight excluding hydrogens is 363 g/mol. The fraction of sp³-hybridized carbons (Fsp3) is 0.190. The first-order chi connectivity index (χ1) is 13.4. The first-order valence-electron chi connectivity index (χ1n) is 8.76. The molecule has 3 aromatic rings. The minimum Gasteiger partial charge on any atom is -0.462 e. The molecule has 0 saturated heterocycles. The number of esters is 1. The van der Waals surface area contributed by atoms with Crippen LogP contribution in [-0.4, -0.2) is 23.1 Å². The van der Waals surface area contributed by atoms with Gasteiger partial charge in [0.15, 0.2) is 5.43 Å². The number of nitrogens with zero attached hydrogens (tertiary/aromatic N) is 1. The first-order valence-corrected chi connectivity index (χ1v) is 8.76. The van der Waals surface area contributed by atoms with Crippen LogP contribution in [0.3, 0.4) is 0 Å². The van der Waals surface area contributed by atoms with Crippen molar-refractivity contribution in [3.8, 4) is 0 Å². The third kappa shape index (κ3) is 3.93. The van der Waals surface area contributed by atoms with Gasteiger partial charge in [0.2, 0.25) is 5.91 Å². The van der Waals surface area contributed by atoms with Crippen molar-refractivity contribution in [2.24, 2.45) is 0 Å². The number of amides is 1. The number of halogens is 1. The van der Waals surface area contributed by atoms with Gasteiger partial charge in [0, 0.05) is 22.8 Å². The summed E-state index contributed by atoms with van der Waals surface area (Å²) < 4.78 is 20.7. The van der Waals surface area contributed by atoms with Crippen molar-refractivity contribution in [3.05, 3.63) is 75.8 Å². The van der Waals surface area contributed by atoms with E-state index in [1.165, 1.54) is 28.8 Å². The van der Waals surface area contributed by atoms with Crippen LogP contribution in [0.4, 0.5) is 10.1 Å². The van der Waals surface area contributed by atoms with E-state index in [2.05, 4.69) is 5.32 Å². The molecule has 0 saturated carbocycles. The number of hydrogen-bond acceptors (Lipinski definition) is 4. The number of carbonyl (C=O) groups excluding carboxylic acids is 2. The molecule has 3 rings (SSSR count). The van der Waals surface area contributed by atoms with Crippen molar-refractivity contribution in [1.82, 2.24) is 4.57 Å². The summed E-state index contributed by atoms with van der Waals surface area (Å²) in [6.45, 7) is 3.48. The number of fused-ring (bicyclic) bond motifs is 1. The zero-order valence-corrected chi connectivity index (χ0v) is 15.5. The predicted octanol–water partition coefficient (Wildman–Crippen LogP) is 3.26. The second-order valence-corrected chi connectivity index (χ2v) is 6.22. The molecule has 0 bridgehead atoms. The number of aryl methyl sites for hydroxylation is 1. The number of para-hydroxylation sites is 1. The summed E-state index contributed by atoms with van der Waals surface area (Å²) in [5, 5.41) is 2.92. The average molecular weight is 382 g/mol. The fourth-order valence-electron chi connectivity index (χ4n) is 2.96. The monoisotopic (exact) mass is 382 g/mol. The van der Waals surface area contributed by atoms with Crippen molar-refractivity contribution in [3.63, 3.8) is 0 Å². The third-order valence-corrected chi connectivity index (χ3v) is 4.27. The number of benzene rings is 2. The molecule has 0 aliphatic heterocycles.